The molecule has 1 aliphatic rings. The third-order valence-corrected chi connectivity index (χ3v) is 4.61. The predicted octanol–water partition coefficient (Wildman–Crippen LogP) is 3.76. The molecule has 1 saturated heterocycles. The number of carbonyl (C=O) groups is 1. The number of nitrogens with one attached hydrogen (secondary N) is 2. The summed E-state index contributed by atoms with van der Waals surface area (Å²) in [5, 5.41) is 5.93. The second kappa shape index (κ2) is 7.91. The second-order valence-electron chi connectivity index (χ2n) is 7.88. The summed E-state index contributed by atoms with van der Waals surface area (Å²) >= 11 is 0. The van der Waals surface area contributed by atoms with E-state index in [9.17, 15) is 4.79 Å². The summed E-state index contributed by atoms with van der Waals surface area (Å²) in [6, 6.07) is 9.55. The molecule has 2 heterocycles. The molecule has 1 aromatic carbocycles. The number of piperidine rings is 1. The van der Waals surface area contributed by atoms with E-state index in [1.807, 2.05) is 36.5 Å². The highest BCUT2D eigenvalue weighted by Gasteiger charge is 2.23. The van der Waals surface area contributed by atoms with Crippen molar-refractivity contribution in [3.05, 3.63) is 48.2 Å². The van der Waals surface area contributed by atoms with E-state index in [1.165, 1.54) is 0 Å². The number of aromatic nitrogens is 1. The molecular weight excluding hydrogens is 328 g/mol. The summed E-state index contributed by atoms with van der Waals surface area (Å²) in [6.07, 6.45) is 3.68. The highest BCUT2D eigenvalue weighted by Crippen LogP contribution is 2.23. The van der Waals surface area contributed by atoms with Crippen LogP contribution in [0.25, 0.3) is 0 Å². The summed E-state index contributed by atoms with van der Waals surface area (Å²) < 4.78 is 5.88. The molecule has 140 valence electrons. The fourth-order valence-electron chi connectivity index (χ4n) is 3.03. The Hall–Kier alpha value is -2.34. The number of benzene rings is 1. The standard InChI is InChI=1S/C20H28N4O2/c1-20(2,3)17-13-21-18(26-17)14-24-11-9-16(10-12-24)23-19(25)22-15-7-5-4-6-8-15/h4-8,13,16H,9-12,14H2,1-3H3,(H2,22,23,25). The molecule has 6 nitrogen and oxygen atoms in total. The van der Waals surface area contributed by atoms with Crippen molar-refractivity contribution in [2.75, 3.05) is 18.4 Å². The van der Waals surface area contributed by atoms with Crippen LogP contribution in [0.4, 0.5) is 10.5 Å². The average Bonchev–Trinajstić information content (AvgIpc) is 3.06. The zero-order valence-electron chi connectivity index (χ0n) is 15.8. The zero-order chi connectivity index (χ0) is 18.6. The van der Waals surface area contributed by atoms with Gasteiger partial charge in [-0.2, -0.15) is 0 Å². The Morgan fingerprint density at radius 3 is 2.54 bits per heavy atom. The van der Waals surface area contributed by atoms with Gasteiger partial charge in [0.25, 0.3) is 0 Å². The minimum atomic E-state index is -0.142. The molecule has 2 aromatic rings. The Morgan fingerprint density at radius 1 is 1.23 bits per heavy atom. The van der Waals surface area contributed by atoms with Crippen molar-refractivity contribution < 1.29 is 9.21 Å². The van der Waals surface area contributed by atoms with E-state index in [0.29, 0.717) is 0 Å². The molecule has 0 unspecified atom stereocenters. The quantitative estimate of drug-likeness (QED) is 0.875. The summed E-state index contributed by atoms with van der Waals surface area (Å²) in [7, 11) is 0. The van der Waals surface area contributed by atoms with Crippen LogP contribution < -0.4 is 10.6 Å². The van der Waals surface area contributed by atoms with Crippen molar-refractivity contribution in [2.45, 2.75) is 51.6 Å². The van der Waals surface area contributed by atoms with E-state index >= 15 is 0 Å². The Kier molecular flexibility index (Phi) is 5.61. The lowest BCUT2D eigenvalue weighted by Gasteiger charge is -2.31. The number of para-hydroxylation sites is 1. The summed E-state index contributed by atoms with van der Waals surface area (Å²) in [5.41, 5.74) is 0.787. The lowest BCUT2D eigenvalue weighted by molar-refractivity contribution is 0.174. The summed E-state index contributed by atoms with van der Waals surface area (Å²) in [4.78, 5) is 18.8. The molecule has 0 spiro atoms. The van der Waals surface area contributed by atoms with Crippen LogP contribution in [0.15, 0.2) is 40.9 Å². The molecule has 6 heteroatoms. The molecule has 1 aliphatic heterocycles. The minimum absolute atomic E-state index is 0.0196. The molecule has 3 rings (SSSR count). The third kappa shape index (κ3) is 5.08. The number of oxazole rings is 1. The maximum atomic E-state index is 12.1. The molecule has 2 N–H and O–H groups in total. The van der Waals surface area contributed by atoms with E-state index < -0.39 is 0 Å². The third-order valence-electron chi connectivity index (χ3n) is 4.61. The first kappa shape index (κ1) is 18.5. The monoisotopic (exact) mass is 356 g/mol. The zero-order valence-corrected chi connectivity index (χ0v) is 15.8. The number of amides is 2. The highest BCUT2D eigenvalue weighted by molar-refractivity contribution is 5.89. The van der Waals surface area contributed by atoms with Crippen LogP contribution in [-0.4, -0.2) is 35.0 Å². The van der Waals surface area contributed by atoms with Gasteiger partial charge in [0.15, 0.2) is 0 Å². The van der Waals surface area contributed by atoms with Crippen molar-refractivity contribution in [3.8, 4) is 0 Å². The van der Waals surface area contributed by atoms with E-state index in [-0.39, 0.29) is 17.5 Å². The lowest BCUT2D eigenvalue weighted by atomic mass is 9.94. The summed E-state index contributed by atoms with van der Waals surface area (Å²) in [5.74, 6) is 1.68. The smallest absolute Gasteiger partial charge is 0.319 e. The summed E-state index contributed by atoms with van der Waals surface area (Å²) in [6.45, 7) is 8.92. The molecule has 0 radical (unpaired) electrons. The van der Waals surface area contributed by atoms with Gasteiger partial charge in [0.2, 0.25) is 5.89 Å². The molecule has 1 aromatic heterocycles. The molecule has 0 atom stereocenters. The fraction of sp³-hybridized carbons (Fsp3) is 0.500. The number of urea groups is 1. The largest absolute Gasteiger partial charge is 0.444 e. The van der Waals surface area contributed by atoms with Gasteiger partial charge >= 0.3 is 6.03 Å². The molecule has 1 fully saturated rings. The van der Waals surface area contributed by atoms with Gasteiger partial charge in [-0.15, -0.1) is 0 Å². The van der Waals surface area contributed by atoms with Gasteiger partial charge in [-0.1, -0.05) is 39.0 Å². The molecule has 2 amide bonds. The Labute approximate surface area is 155 Å². The van der Waals surface area contributed by atoms with Gasteiger partial charge in [-0.05, 0) is 25.0 Å². The average molecular weight is 356 g/mol. The van der Waals surface area contributed by atoms with Crippen LogP contribution in [0.5, 0.6) is 0 Å². The van der Waals surface area contributed by atoms with Gasteiger partial charge in [0, 0.05) is 30.2 Å². The number of likely N-dealkylation sites (tertiary alicyclic amines) is 1. The van der Waals surface area contributed by atoms with Crippen LogP contribution in [0.2, 0.25) is 0 Å². The molecular formula is C20H28N4O2. The topological polar surface area (TPSA) is 70.4 Å². The van der Waals surface area contributed by atoms with E-state index in [1.54, 1.807) is 0 Å². The first-order valence-corrected chi connectivity index (χ1v) is 9.20. The van der Waals surface area contributed by atoms with Crippen LogP contribution in [0.3, 0.4) is 0 Å². The minimum Gasteiger partial charge on any atom is -0.444 e. The van der Waals surface area contributed by atoms with Crippen LogP contribution in [-0.2, 0) is 12.0 Å². The molecule has 26 heavy (non-hydrogen) atoms. The van der Waals surface area contributed by atoms with Crippen molar-refractivity contribution >= 4 is 11.7 Å². The molecule has 0 aliphatic carbocycles. The van der Waals surface area contributed by atoms with Gasteiger partial charge in [-0.3, -0.25) is 4.90 Å². The maximum absolute atomic E-state index is 12.1. The SMILES string of the molecule is CC(C)(C)c1cnc(CN2CCC(NC(=O)Nc3ccccc3)CC2)o1. The number of carbonyl (C=O) groups excluding carboxylic acids is 1. The molecule has 0 bridgehead atoms. The van der Waals surface area contributed by atoms with E-state index in [0.717, 1.165) is 49.8 Å². The van der Waals surface area contributed by atoms with Gasteiger partial charge in [0.05, 0.1) is 12.7 Å². The van der Waals surface area contributed by atoms with Crippen molar-refractivity contribution in [1.82, 2.24) is 15.2 Å². The number of anilines is 1. The maximum Gasteiger partial charge on any atom is 0.319 e. The number of hydrogen-bond donors (Lipinski definition) is 2. The van der Waals surface area contributed by atoms with Gasteiger partial charge in [-0.25, -0.2) is 9.78 Å². The predicted molar refractivity (Wildman–Crippen MR) is 102 cm³/mol. The van der Waals surface area contributed by atoms with E-state index in [4.69, 9.17) is 4.42 Å². The van der Waals surface area contributed by atoms with Crippen molar-refractivity contribution in [2.24, 2.45) is 0 Å². The number of nitrogens with zero attached hydrogens (tertiary/aromatic N) is 2. The highest BCUT2D eigenvalue weighted by atomic mass is 16.4. The van der Waals surface area contributed by atoms with Crippen LogP contribution >= 0.6 is 0 Å². The van der Waals surface area contributed by atoms with Crippen LogP contribution in [0, 0.1) is 0 Å². The van der Waals surface area contributed by atoms with Crippen molar-refractivity contribution in [1.29, 1.82) is 0 Å². The van der Waals surface area contributed by atoms with Gasteiger partial charge in [0.1, 0.15) is 5.76 Å². The Bertz CT molecular complexity index is 713. The van der Waals surface area contributed by atoms with Crippen molar-refractivity contribution in [3.63, 3.8) is 0 Å². The lowest BCUT2D eigenvalue weighted by Crippen LogP contribution is -2.45. The Balaban J connectivity index is 1.43. The first-order chi connectivity index (χ1) is 12.4. The number of hydrogen-bond acceptors (Lipinski definition) is 4. The van der Waals surface area contributed by atoms with Gasteiger partial charge < -0.3 is 15.1 Å². The molecule has 0 saturated carbocycles. The number of rotatable bonds is 4. The fourth-order valence-corrected chi connectivity index (χ4v) is 3.03. The van der Waals surface area contributed by atoms with Crippen LogP contribution in [0.1, 0.15) is 45.3 Å². The first-order valence-electron chi connectivity index (χ1n) is 9.20. The van der Waals surface area contributed by atoms with E-state index in [2.05, 4.69) is 41.3 Å². The second-order valence-corrected chi connectivity index (χ2v) is 7.88. The normalized spacial score (nSPS) is 16.4. The Morgan fingerprint density at radius 2 is 1.92 bits per heavy atom.